The fraction of sp³-hybridized carbons (Fsp3) is 0.636. The van der Waals surface area contributed by atoms with Crippen LogP contribution in [0.1, 0.15) is 25.2 Å². The van der Waals surface area contributed by atoms with Gasteiger partial charge in [0.1, 0.15) is 5.82 Å². The molecule has 0 aliphatic heterocycles. The van der Waals surface area contributed by atoms with Gasteiger partial charge < -0.3 is 5.32 Å². The van der Waals surface area contributed by atoms with Crippen LogP contribution in [-0.4, -0.2) is 27.5 Å². The Kier molecular flexibility index (Phi) is 3.97. The molecule has 0 aliphatic rings. The maximum Gasteiger partial charge on any atom is 0.147 e. The molecule has 1 N–H and O–H groups in total. The van der Waals surface area contributed by atoms with Gasteiger partial charge in [-0.1, -0.05) is 0 Å². The molecule has 0 bridgehead atoms. The molecule has 1 aromatic heterocycles. The molecule has 4 heteroatoms. The highest BCUT2D eigenvalue weighted by Gasteiger charge is 2.16. The molecule has 0 saturated carbocycles. The lowest BCUT2D eigenvalue weighted by Crippen LogP contribution is -2.26. The fourth-order valence-corrected chi connectivity index (χ4v) is 1.29. The number of aryl methyl sites for hydroxylation is 2. The first kappa shape index (κ1) is 12.3. The van der Waals surface area contributed by atoms with Crippen LogP contribution < -0.4 is 5.32 Å². The van der Waals surface area contributed by atoms with E-state index in [0.29, 0.717) is 0 Å². The molecule has 0 amide bonds. The Morgan fingerprint density at radius 1 is 1.40 bits per heavy atom. The molecular weight excluding hydrogens is 206 g/mol. The van der Waals surface area contributed by atoms with Gasteiger partial charge >= 0.3 is 0 Å². The minimum atomic E-state index is 0.220. The number of thioether (sulfide) groups is 1. The van der Waals surface area contributed by atoms with Gasteiger partial charge in [0, 0.05) is 17.5 Å². The predicted molar refractivity (Wildman–Crippen MR) is 67.6 cm³/mol. The lowest BCUT2D eigenvalue weighted by Gasteiger charge is -2.23. The third kappa shape index (κ3) is 3.70. The van der Waals surface area contributed by atoms with Gasteiger partial charge in [-0.15, -0.1) is 0 Å². The molecule has 84 valence electrons. The van der Waals surface area contributed by atoms with Gasteiger partial charge in [0.05, 0.1) is 11.4 Å². The summed E-state index contributed by atoms with van der Waals surface area (Å²) < 4.78 is 0.220. The second-order valence-electron chi connectivity index (χ2n) is 4.26. The molecule has 0 aliphatic carbocycles. The van der Waals surface area contributed by atoms with E-state index in [1.165, 1.54) is 0 Å². The average Bonchev–Trinajstić information content (AvgIpc) is 2.20. The smallest absolute Gasteiger partial charge is 0.147 e. The van der Waals surface area contributed by atoms with E-state index in [-0.39, 0.29) is 4.75 Å². The number of hydrogen-bond acceptors (Lipinski definition) is 4. The van der Waals surface area contributed by atoms with Gasteiger partial charge in [0.2, 0.25) is 0 Å². The summed E-state index contributed by atoms with van der Waals surface area (Å²) in [6.07, 6.45) is 3.91. The molecule has 0 aromatic carbocycles. The molecule has 1 heterocycles. The topological polar surface area (TPSA) is 37.8 Å². The Morgan fingerprint density at radius 2 is 2.07 bits per heavy atom. The number of hydrogen-bond donors (Lipinski definition) is 1. The molecule has 3 nitrogen and oxygen atoms in total. The highest BCUT2D eigenvalue weighted by Crippen LogP contribution is 2.21. The van der Waals surface area contributed by atoms with Crippen molar-refractivity contribution in [1.29, 1.82) is 0 Å². The second kappa shape index (κ2) is 4.84. The van der Waals surface area contributed by atoms with Gasteiger partial charge in [-0.3, -0.25) is 4.98 Å². The average molecular weight is 225 g/mol. The zero-order valence-electron chi connectivity index (χ0n) is 10.1. The Bertz CT molecular complexity index is 337. The summed E-state index contributed by atoms with van der Waals surface area (Å²) >= 11 is 1.85. The molecule has 0 fully saturated rings. The summed E-state index contributed by atoms with van der Waals surface area (Å²) in [5.41, 5.74) is 1.91. The van der Waals surface area contributed by atoms with Crippen molar-refractivity contribution >= 4 is 17.6 Å². The molecule has 0 unspecified atom stereocenters. The summed E-state index contributed by atoms with van der Waals surface area (Å²) in [5.74, 6) is 0.900. The van der Waals surface area contributed by atoms with Crippen LogP contribution in [0.25, 0.3) is 0 Å². The maximum atomic E-state index is 4.43. The molecule has 1 aromatic rings. The molecule has 15 heavy (non-hydrogen) atoms. The van der Waals surface area contributed by atoms with Crippen molar-refractivity contribution in [3.8, 4) is 0 Å². The van der Waals surface area contributed by atoms with E-state index >= 15 is 0 Å². The molecule has 0 saturated heterocycles. The number of nitrogens with one attached hydrogen (secondary N) is 1. The Morgan fingerprint density at radius 3 is 2.67 bits per heavy atom. The first-order valence-corrected chi connectivity index (χ1v) is 6.26. The third-order valence-electron chi connectivity index (χ3n) is 2.31. The number of aromatic nitrogens is 2. The number of anilines is 1. The SMILES string of the molecule is CSC(C)(C)CNc1nc(C)cnc1C. The van der Waals surface area contributed by atoms with E-state index in [1.807, 2.05) is 25.6 Å². The largest absolute Gasteiger partial charge is 0.367 e. The Labute approximate surface area is 96.1 Å². The van der Waals surface area contributed by atoms with Crippen molar-refractivity contribution in [1.82, 2.24) is 9.97 Å². The normalized spacial score (nSPS) is 11.5. The van der Waals surface area contributed by atoms with Gasteiger partial charge in [-0.05, 0) is 34.0 Å². The summed E-state index contributed by atoms with van der Waals surface area (Å²) in [7, 11) is 0. The minimum absolute atomic E-state index is 0.220. The summed E-state index contributed by atoms with van der Waals surface area (Å²) in [4.78, 5) is 8.70. The summed E-state index contributed by atoms with van der Waals surface area (Å²) in [6.45, 7) is 9.25. The monoisotopic (exact) mass is 225 g/mol. The Balaban J connectivity index is 2.69. The highest BCUT2D eigenvalue weighted by molar-refractivity contribution is 7.99. The quantitative estimate of drug-likeness (QED) is 0.855. The molecule has 0 atom stereocenters. The zero-order valence-corrected chi connectivity index (χ0v) is 10.9. The molecule has 0 radical (unpaired) electrons. The van der Waals surface area contributed by atoms with Crippen molar-refractivity contribution in [3.63, 3.8) is 0 Å². The van der Waals surface area contributed by atoms with E-state index in [2.05, 4.69) is 35.4 Å². The van der Waals surface area contributed by atoms with E-state index in [4.69, 9.17) is 0 Å². The van der Waals surface area contributed by atoms with Crippen molar-refractivity contribution in [2.45, 2.75) is 32.4 Å². The van der Waals surface area contributed by atoms with Gasteiger partial charge in [0.15, 0.2) is 0 Å². The van der Waals surface area contributed by atoms with E-state index in [9.17, 15) is 0 Å². The van der Waals surface area contributed by atoms with Crippen LogP contribution in [0, 0.1) is 13.8 Å². The first-order chi connectivity index (χ1) is 6.94. The van der Waals surface area contributed by atoms with Crippen molar-refractivity contribution in [2.24, 2.45) is 0 Å². The van der Waals surface area contributed by atoms with Crippen molar-refractivity contribution in [2.75, 3.05) is 18.1 Å². The number of nitrogens with zero attached hydrogens (tertiary/aromatic N) is 2. The number of rotatable bonds is 4. The van der Waals surface area contributed by atoms with E-state index in [1.54, 1.807) is 6.20 Å². The maximum absolute atomic E-state index is 4.43. The van der Waals surface area contributed by atoms with Crippen LogP contribution in [0.3, 0.4) is 0 Å². The molecule has 0 spiro atoms. The van der Waals surface area contributed by atoms with Crippen LogP contribution >= 0.6 is 11.8 Å². The molecular formula is C11H19N3S. The van der Waals surface area contributed by atoms with Crippen LogP contribution in [0.15, 0.2) is 6.20 Å². The van der Waals surface area contributed by atoms with Gasteiger partial charge in [-0.25, -0.2) is 4.98 Å². The van der Waals surface area contributed by atoms with Crippen LogP contribution in [0.4, 0.5) is 5.82 Å². The van der Waals surface area contributed by atoms with Crippen LogP contribution in [0.5, 0.6) is 0 Å². The first-order valence-electron chi connectivity index (χ1n) is 5.04. The van der Waals surface area contributed by atoms with Crippen LogP contribution in [0.2, 0.25) is 0 Å². The van der Waals surface area contributed by atoms with Crippen molar-refractivity contribution in [3.05, 3.63) is 17.6 Å². The fourth-order valence-electron chi connectivity index (χ4n) is 1.07. The second-order valence-corrected chi connectivity index (χ2v) is 5.78. The van der Waals surface area contributed by atoms with Gasteiger partial charge in [0.25, 0.3) is 0 Å². The Hall–Kier alpha value is -0.770. The van der Waals surface area contributed by atoms with E-state index < -0.39 is 0 Å². The van der Waals surface area contributed by atoms with Crippen molar-refractivity contribution < 1.29 is 0 Å². The lowest BCUT2D eigenvalue weighted by molar-refractivity contribution is 0.748. The van der Waals surface area contributed by atoms with E-state index in [0.717, 1.165) is 23.8 Å². The summed E-state index contributed by atoms with van der Waals surface area (Å²) in [5, 5.41) is 3.35. The lowest BCUT2D eigenvalue weighted by atomic mass is 10.2. The molecule has 1 rings (SSSR count). The standard InChI is InChI=1S/C11H19N3S/c1-8-6-12-9(2)10(14-8)13-7-11(3,4)15-5/h6H,7H2,1-5H3,(H,13,14). The highest BCUT2D eigenvalue weighted by atomic mass is 32.2. The third-order valence-corrected chi connectivity index (χ3v) is 3.56. The van der Waals surface area contributed by atoms with Gasteiger partial charge in [-0.2, -0.15) is 11.8 Å². The zero-order chi connectivity index (χ0) is 11.5. The minimum Gasteiger partial charge on any atom is -0.367 e. The summed E-state index contributed by atoms with van der Waals surface area (Å²) in [6, 6.07) is 0. The predicted octanol–water partition coefficient (Wildman–Crippen LogP) is 2.65. The van der Waals surface area contributed by atoms with Crippen LogP contribution in [-0.2, 0) is 0 Å².